The average molecular weight is 373 g/mol. The Morgan fingerprint density at radius 2 is 2.08 bits per heavy atom. The molecular weight excluding hydrogens is 357 g/mol. The van der Waals surface area contributed by atoms with Crippen molar-refractivity contribution < 1.29 is 28.7 Å². The summed E-state index contributed by atoms with van der Waals surface area (Å²) in [4.78, 5) is 29.0. The Kier molecular flexibility index (Phi) is 6.41. The monoisotopic (exact) mass is 373 g/mol. The zero-order valence-corrected chi connectivity index (χ0v) is 14.2. The smallest absolute Gasteiger partial charge is 0.356 e. The SMILES string of the molecule is NC1=NC(CC(=O)O)=C/S1=N/OCP(=O)(O)OCc1ccccc1. The third-order valence-electron chi connectivity index (χ3n) is 2.68. The second-order valence-corrected chi connectivity index (χ2v) is 7.90. The van der Waals surface area contributed by atoms with Gasteiger partial charge < -0.3 is 20.3 Å². The van der Waals surface area contributed by atoms with Crippen molar-refractivity contribution in [1.82, 2.24) is 0 Å². The van der Waals surface area contributed by atoms with E-state index in [1.165, 1.54) is 5.41 Å². The van der Waals surface area contributed by atoms with E-state index in [-0.39, 0.29) is 23.9 Å². The molecule has 0 aromatic heterocycles. The quantitative estimate of drug-likeness (QED) is 0.465. The Morgan fingerprint density at radius 1 is 1.38 bits per heavy atom. The number of nitrogens with two attached hydrogens (primary N) is 1. The number of benzene rings is 1. The summed E-state index contributed by atoms with van der Waals surface area (Å²) in [5, 5.41) is 10.2. The molecule has 0 saturated carbocycles. The lowest BCUT2D eigenvalue weighted by Gasteiger charge is -2.10. The Hall–Kier alpha value is -1.84. The van der Waals surface area contributed by atoms with Crippen LogP contribution in [-0.2, 0) is 36.0 Å². The van der Waals surface area contributed by atoms with E-state index in [9.17, 15) is 14.3 Å². The van der Waals surface area contributed by atoms with Crippen LogP contribution in [0, 0.1) is 0 Å². The highest BCUT2D eigenvalue weighted by Gasteiger charge is 2.21. The molecule has 1 aromatic carbocycles. The molecule has 11 heteroatoms. The molecule has 2 unspecified atom stereocenters. The topological polar surface area (TPSA) is 144 Å². The standard InChI is InChI=1S/C13H16N3O6PS/c14-13-15-11(6-12(17)18)8-24(13)16-21-9-23(19,20)22-7-10-4-2-1-3-5-10/h1-5,8H,6-7,9H2,(H2,14,15)(H,17,18)(H,19,20). The molecule has 1 aliphatic heterocycles. The first-order chi connectivity index (χ1) is 11.4. The van der Waals surface area contributed by atoms with Crippen LogP contribution in [0.1, 0.15) is 12.0 Å². The number of carboxylic acids is 1. The van der Waals surface area contributed by atoms with Crippen molar-refractivity contribution in [1.29, 1.82) is 0 Å². The lowest BCUT2D eigenvalue weighted by molar-refractivity contribution is -0.136. The number of carbonyl (C=O) groups is 1. The highest BCUT2D eigenvalue weighted by atomic mass is 32.2. The zero-order valence-electron chi connectivity index (χ0n) is 12.4. The second-order valence-electron chi connectivity index (χ2n) is 4.67. The highest BCUT2D eigenvalue weighted by Crippen LogP contribution is 2.42. The molecule has 24 heavy (non-hydrogen) atoms. The normalized spacial score (nSPS) is 19.6. The van der Waals surface area contributed by atoms with Crippen molar-refractivity contribution in [3.63, 3.8) is 0 Å². The Morgan fingerprint density at radius 3 is 2.75 bits per heavy atom. The molecule has 1 aliphatic rings. The number of amidine groups is 1. The van der Waals surface area contributed by atoms with E-state index >= 15 is 0 Å². The van der Waals surface area contributed by atoms with Crippen LogP contribution in [0.4, 0.5) is 0 Å². The van der Waals surface area contributed by atoms with Gasteiger partial charge in [-0.15, -0.1) is 0 Å². The van der Waals surface area contributed by atoms with Gasteiger partial charge in [0.25, 0.3) is 0 Å². The van der Waals surface area contributed by atoms with Crippen molar-refractivity contribution in [3.8, 4) is 0 Å². The third kappa shape index (κ3) is 5.99. The van der Waals surface area contributed by atoms with E-state index in [1.807, 2.05) is 6.07 Å². The maximum Gasteiger partial charge on any atom is 0.356 e. The molecule has 0 aliphatic carbocycles. The molecule has 1 heterocycles. The number of rotatable bonds is 8. The zero-order chi connectivity index (χ0) is 17.6. The van der Waals surface area contributed by atoms with Crippen LogP contribution in [0.3, 0.4) is 0 Å². The fourth-order valence-electron chi connectivity index (χ4n) is 1.64. The molecule has 2 atom stereocenters. The van der Waals surface area contributed by atoms with E-state index < -0.39 is 30.6 Å². The summed E-state index contributed by atoms with van der Waals surface area (Å²) < 4.78 is 20.5. The predicted molar refractivity (Wildman–Crippen MR) is 88.8 cm³/mol. The molecule has 0 spiro atoms. The van der Waals surface area contributed by atoms with Crippen molar-refractivity contribution in [3.05, 3.63) is 47.0 Å². The van der Waals surface area contributed by atoms with Crippen LogP contribution >= 0.6 is 7.60 Å². The van der Waals surface area contributed by atoms with Crippen LogP contribution < -0.4 is 5.73 Å². The summed E-state index contributed by atoms with van der Waals surface area (Å²) in [6, 6.07) is 8.92. The van der Waals surface area contributed by atoms with Gasteiger partial charge in [-0.3, -0.25) is 9.36 Å². The molecular formula is C13H16N3O6PS. The minimum absolute atomic E-state index is 0.0318. The van der Waals surface area contributed by atoms with Crippen molar-refractivity contribution in [2.24, 2.45) is 15.3 Å². The second kappa shape index (κ2) is 8.32. The van der Waals surface area contributed by atoms with E-state index in [2.05, 4.69) is 9.52 Å². The van der Waals surface area contributed by atoms with Gasteiger partial charge in [0.05, 0.1) is 18.7 Å². The molecule has 0 radical (unpaired) electrons. The molecule has 2 rings (SSSR count). The summed E-state index contributed by atoms with van der Waals surface area (Å²) in [7, 11) is -5.06. The fraction of sp³-hybridized carbons (Fsp3) is 0.231. The van der Waals surface area contributed by atoms with Crippen molar-refractivity contribution in [2.45, 2.75) is 13.0 Å². The molecule has 0 amide bonds. The Bertz CT molecular complexity index is 749. The highest BCUT2D eigenvalue weighted by molar-refractivity contribution is 8.05. The van der Waals surface area contributed by atoms with Crippen molar-refractivity contribution >= 4 is 29.4 Å². The number of hydrogen-bond donors (Lipinski definition) is 3. The fourth-order valence-corrected chi connectivity index (χ4v) is 3.36. The van der Waals surface area contributed by atoms with E-state index in [0.29, 0.717) is 0 Å². The molecule has 4 N–H and O–H groups in total. The lowest BCUT2D eigenvalue weighted by atomic mass is 10.2. The summed E-state index contributed by atoms with van der Waals surface area (Å²) in [5.41, 5.74) is 6.63. The van der Waals surface area contributed by atoms with Gasteiger partial charge in [0, 0.05) is 16.1 Å². The summed E-state index contributed by atoms with van der Waals surface area (Å²) in [6.07, 6.45) is -0.920. The van der Waals surface area contributed by atoms with E-state index in [0.717, 1.165) is 5.56 Å². The summed E-state index contributed by atoms with van der Waals surface area (Å²) in [6.45, 7) is -0.0318. The largest absolute Gasteiger partial charge is 0.481 e. The molecule has 0 saturated heterocycles. The predicted octanol–water partition coefficient (Wildman–Crippen LogP) is 1.72. The summed E-state index contributed by atoms with van der Waals surface area (Å²) >= 11 is 0. The van der Waals surface area contributed by atoms with Crippen LogP contribution in [0.15, 0.2) is 51.0 Å². The maximum absolute atomic E-state index is 11.8. The van der Waals surface area contributed by atoms with Gasteiger partial charge in [0.15, 0.2) is 11.5 Å². The minimum atomic E-state index is -3.98. The van der Waals surface area contributed by atoms with Crippen LogP contribution in [0.25, 0.3) is 0 Å². The third-order valence-corrected chi connectivity index (χ3v) is 4.93. The van der Waals surface area contributed by atoms with Crippen molar-refractivity contribution in [2.75, 3.05) is 6.35 Å². The average Bonchev–Trinajstić information content (AvgIpc) is 2.85. The van der Waals surface area contributed by atoms with Crippen LogP contribution in [0.2, 0.25) is 0 Å². The van der Waals surface area contributed by atoms with Crippen LogP contribution in [-0.4, -0.2) is 27.5 Å². The lowest BCUT2D eigenvalue weighted by Crippen LogP contribution is -2.13. The van der Waals surface area contributed by atoms with Crippen LogP contribution in [0.5, 0.6) is 0 Å². The van der Waals surface area contributed by atoms with Gasteiger partial charge >= 0.3 is 13.6 Å². The first-order valence-corrected chi connectivity index (χ1v) is 9.69. The molecule has 130 valence electrons. The van der Waals surface area contributed by atoms with Gasteiger partial charge in [-0.05, 0) is 5.56 Å². The first kappa shape index (κ1) is 18.5. The van der Waals surface area contributed by atoms with Gasteiger partial charge in [0.2, 0.25) is 0 Å². The van der Waals surface area contributed by atoms with Gasteiger partial charge in [0.1, 0.15) is 0 Å². The molecule has 9 nitrogen and oxygen atoms in total. The summed E-state index contributed by atoms with van der Waals surface area (Å²) in [5.74, 6) is -1.04. The maximum atomic E-state index is 11.8. The number of aliphatic imine (C=N–C) groups is 1. The van der Waals surface area contributed by atoms with Gasteiger partial charge in [-0.2, -0.15) is 0 Å². The van der Waals surface area contributed by atoms with Gasteiger partial charge in [-0.1, -0.05) is 34.9 Å². The first-order valence-electron chi connectivity index (χ1n) is 6.69. The molecule has 0 bridgehead atoms. The minimum Gasteiger partial charge on any atom is -0.481 e. The Labute approximate surface area is 140 Å². The van der Waals surface area contributed by atoms with E-state index in [4.69, 9.17) is 20.2 Å². The van der Waals surface area contributed by atoms with E-state index in [1.54, 1.807) is 24.3 Å². The number of carboxylic acid groups (broad SMARTS) is 1. The molecule has 1 aromatic rings. The van der Waals surface area contributed by atoms with Gasteiger partial charge in [-0.25, -0.2) is 9.83 Å². The number of nitrogens with zero attached hydrogens (tertiary/aromatic N) is 2. The number of aliphatic carboxylic acids is 1. The Balaban J connectivity index is 1.86. The molecule has 0 fully saturated rings. The number of hydrogen-bond acceptors (Lipinski definition) is 7.